The first-order valence-electron chi connectivity index (χ1n) is 10.7. The monoisotopic (exact) mass is 417 g/mol. The smallest absolute Gasteiger partial charge is 0.317 e. The topological polar surface area (TPSA) is 92.6 Å². The van der Waals surface area contributed by atoms with E-state index < -0.39 is 11.8 Å². The molecule has 30 heavy (non-hydrogen) atoms. The minimum atomic E-state index is -0.996. The Hall–Kier alpha value is -2.45. The number of carbonyl (C=O) groups is 1. The summed E-state index contributed by atoms with van der Waals surface area (Å²) in [5, 5.41) is 15.2. The predicted octanol–water partition coefficient (Wildman–Crippen LogP) is 3.02. The molecular weight excluding hydrogens is 389 g/mol. The summed E-state index contributed by atoms with van der Waals surface area (Å²) in [7, 11) is 0. The van der Waals surface area contributed by atoms with Gasteiger partial charge in [0.2, 0.25) is 0 Å². The van der Waals surface area contributed by atoms with Crippen LogP contribution in [0.2, 0.25) is 0 Å². The number of hydrogen-bond acceptors (Lipinski definition) is 5. The number of benzene rings is 1. The molecule has 0 bridgehead atoms. The number of halogens is 1. The number of aromatic nitrogens is 1. The van der Waals surface area contributed by atoms with E-state index in [-0.39, 0.29) is 30.6 Å². The van der Waals surface area contributed by atoms with Gasteiger partial charge in [-0.3, -0.25) is 9.59 Å². The Balaban J connectivity index is 1.74. The van der Waals surface area contributed by atoms with Crippen LogP contribution >= 0.6 is 0 Å². The van der Waals surface area contributed by atoms with Crippen LogP contribution in [-0.4, -0.2) is 41.4 Å². The molecule has 8 heteroatoms. The fourth-order valence-corrected chi connectivity index (χ4v) is 4.48. The highest BCUT2D eigenvalue weighted by Crippen LogP contribution is 2.29. The highest BCUT2D eigenvalue weighted by Gasteiger charge is 2.22. The van der Waals surface area contributed by atoms with E-state index in [0.717, 1.165) is 32.1 Å². The summed E-state index contributed by atoms with van der Waals surface area (Å²) >= 11 is 0. The SMILES string of the molecule is O=C(O)CNCc1cn(C2CCOC2)c2cc(NC3CCCCC3)c(F)cc2c1=O. The number of nitrogens with one attached hydrogen (secondary N) is 2. The summed E-state index contributed by atoms with van der Waals surface area (Å²) in [4.78, 5) is 23.8. The maximum atomic E-state index is 14.9. The number of carboxylic acid groups (broad SMARTS) is 1. The number of hydrogen-bond donors (Lipinski definition) is 3. The third-order valence-corrected chi connectivity index (χ3v) is 6.05. The third kappa shape index (κ3) is 4.49. The van der Waals surface area contributed by atoms with Crippen LogP contribution in [-0.2, 0) is 16.1 Å². The van der Waals surface area contributed by atoms with Crippen LogP contribution in [0.15, 0.2) is 23.1 Å². The van der Waals surface area contributed by atoms with E-state index >= 15 is 0 Å². The van der Waals surface area contributed by atoms with Crippen LogP contribution in [0.25, 0.3) is 10.9 Å². The molecule has 3 N–H and O–H groups in total. The van der Waals surface area contributed by atoms with E-state index in [1.165, 1.54) is 12.5 Å². The highest BCUT2D eigenvalue weighted by atomic mass is 19.1. The van der Waals surface area contributed by atoms with Gasteiger partial charge in [-0.1, -0.05) is 19.3 Å². The number of ether oxygens (including phenoxy) is 1. The molecule has 1 saturated carbocycles. The van der Waals surface area contributed by atoms with Gasteiger partial charge < -0.3 is 25.0 Å². The maximum absolute atomic E-state index is 14.9. The molecule has 0 amide bonds. The van der Waals surface area contributed by atoms with Crippen LogP contribution in [0.5, 0.6) is 0 Å². The van der Waals surface area contributed by atoms with E-state index in [2.05, 4.69) is 10.6 Å². The molecule has 1 aliphatic carbocycles. The van der Waals surface area contributed by atoms with Gasteiger partial charge in [0.05, 0.1) is 30.4 Å². The van der Waals surface area contributed by atoms with Crippen molar-refractivity contribution in [1.29, 1.82) is 0 Å². The van der Waals surface area contributed by atoms with E-state index in [4.69, 9.17) is 9.84 Å². The molecule has 4 rings (SSSR count). The number of fused-ring (bicyclic) bond motifs is 1. The zero-order valence-corrected chi connectivity index (χ0v) is 17.0. The quantitative estimate of drug-likeness (QED) is 0.641. The van der Waals surface area contributed by atoms with Crippen molar-refractivity contribution in [3.63, 3.8) is 0 Å². The van der Waals surface area contributed by atoms with Crippen molar-refractivity contribution in [3.8, 4) is 0 Å². The average Bonchev–Trinajstić information content (AvgIpc) is 3.26. The molecule has 1 saturated heterocycles. The Morgan fingerprint density at radius 1 is 1.23 bits per heavy atom. The summed E-state index contributed by atoms with van der Waals surface area (Å²) < 4.78 is 22.5. The first-order valence-corrected chi connectivity index (χ1v) is 10.7. The Kier molecular flexibility index (Phi) is 6.34. The minimum absolute atomic E-state index is 0.0549. The molecular formula is C22H28FN3O4. The molecule has 2 heterocycles. The Labute approximate surface area is 174 Å². The van der Waals surface area contributed by atoms with E-state index in [1.54, 1.807) is 12.3 Å². The van der Waals surface area contributed by atoms with E-state index in [1.807, 2.05) is 4.57 Å². The molecule has 1 aliphatic heterocycles. The molecule has 1 unspecified atom stereocenters. The molecule has 0 spiro atoms. The lowest BCUT2D eigenvalue weighted by molar-refractivity contribution is -0.136. The summed E-state index contributed by atoms with van der Waals surface area (Å²) in [5.74, 6) is -1.43. The van der Waals surface area contributed by atoms with Crippen LogP contribution in [0.3, 0.4) is 0 Å². The molecule has 1 aromatic heterocycles. The number of rotatable bonds is 7. The molecule has 2 aliphatic rings. The minimum Gasteiger partial charge on any atom is -0.480 e. The van der Waals surface area contributed by atoms with E-state index in [9.17, 15) is 14.0 Å². The first kappa shape index (κ1) is 20.8. The number of nitrogens with zero attached hydrogens (tertiary/aromatic N) is 1. The van der Waals surface area contributed by atoms with Gasteiger partial charge in [0, 0.05) is 36.3 Å². The van der Waals surface area contributed by atoms with Gasteiger partial charge in [-0.2, -0.15) is 0 Å². The number of carboxylic acids is 1. The second kappa shape index (κ2) is 9.14. The van der Waals surface area contributed by atoms with Gasteiger partial charge in [-0.25, -0.2) is 4.39 Å². The Morgan fingerprint density at radius 2 is 2.03 bits per heavy atom. The zero-order chi connectivity index (χ0) is 21.1. The van der Waals surface area contributed by atoms with Gasteiger partial charge in [0.1, 0.15) is 5.82 Å². The standard InChI is InChI=1S/C22H28FN3O4/c23-18-8-17-20(9-19(18)25-15-4-2-1-3-5-15)26(16-6-7-30-13-16)12-14(22(17)29)10-24-11-21(27)28/h8-9,12,15-16,24-25H,1-7,10-11,13H2,(H,27,28). The van der Waals surface area contributed by atoms with Crippen molar-refractivity contribution < 1.29 is 19.0 Å². The Bertz CT molecular complexity index is 978. The lowest BCUT2D eigenvalue weighted by atomic mass is 9.95. The van der Waals surface area contributed by atoms with Crippen molar-refractivity contribution in [1.82, 2.24) is 9.88 Å². The van der Waals surface area contributed by atoms with Crippen molar-refractivity contribution >= 4 is 22.6 Å². The average molecular weight is 417 g/mol. The van der Waals surface area contributed by atoms with Crippen LogP contribution in [0.4, 0.5) is 10.1 Å². The number of pyridine rings is 1. The van der Waals surface area contributed by atoms with Crippen molar-refractivity contribution in [3.05, 3.63) is 39.9 Å². The number of anilines is 1. The fourth-order valence-electron chi connectivity index (χ4n) is 4.48. The second-order valence-electron chi connectivity index (χ2n) is 8.23. The predicted molar refractivity (Wildman–Crippen MR) is 112 cm³/mol. The largest absolute Gasteiger partial charge is 0.480 e. The van der Waals surface area contributed by atoms with Gasteiger partial charge in [0.25, 0.3) is 0 Å². The third-order valence-electron chi connectivity index (χ3n) is 6.05. The normalized spacial score (nSPS) is 20.0. The summed E-state index contributed by atoms with van der Waals surface area (Å²) in [6.45, 7) is 1.03. The molecule has 7 nitrogen and oxygen atoms in total. The first-order chi connectivity index (χ1) is 14.5. The maximum Gasteiger partial charge on any atom is 0.317 e. The fraction of sp³-hybridized carbons (Fsp3) is 0.545. The molecule has 0 radical (unpaired) electrons. The van der Waals surface area contributed by atoms with Gasteiger partial charge in [-0.15, -0.1) is 0 Å². The molecule has 2 fully saturated rings. The van der Waals surface area contributed by atoms with Crippen LogP contribution < -0.4 is 16.1 Å². The lowest BCUT2D eigenvalue weighted by Gasteiger charge is -2.25. The second-order valence-corrected chi connectivity index (χ2v) is 8.23. The summed E-state index contributed by atoms with van der Waals surface area (Å²) in [5.41, 5.74) is 1.25. The van der Waals surface area contributed by atoms with E-state index in [0.29, 0.717) is 35.4 Å². The van der Waals surface area contributed by atoms with Crippen molar-refractivity contribution in [2.45, 2.75) is 57.2 Å². The van der Waals surface area contributed by atoms with Crippen molar-refractivity contribution in [2.75, 3.05) is 25.1 Å². The van der Waals surface area contributed by atoms with Crippen LogP contribution in [0.1, 0.15) is 50.1 Å². The molecule has 2 aromatic rings. The van der Waals surface area contributed by atoms with Gasteiger partial charge >= 0.3 is 5.97 Å². The highest BCUT2D eigenvalue weighted by molar-refractivity contribution is 5.84. The Morgan fingerprint density at radius 3 is 2.73 bits per heavy atom. The number of aliphatic carboxylic acids is 1. The lowest BCUT2D eigenvalue weighted by Crippen LogP contribution is -2.27. The van der Waals surface area contributed by atoms with Gasteiger partial charge in [-0.05, 0) is 31.4 Å². The summed E-state index contributed by atoms with van der Waals surface area (Å²) in [6, 6.07) is 3.36. The molecule has 162 valence electrons. The molecule has 1 atom stereocenters. The van der Waals surface area contributed by atoms with Crippen LogP contribution in [0, 0.1) is 5.82 Å². The van der Waals surface area contributed by atoms with Crippen molar-refractivity contribution in [2.24, 2.45) is 0 Å². The van der Waals surface area contributed by atoms with Gasteiger partial charge in [0.15, 0.2) is 5.43 Å². The summed E-state index contributed by atoms with van der Waals surface area (Å²) in [6.07, 6.45) is 8.12. The zero-order valence-electron chi connectivity index (χ0n) is 17.0. The molecule has 1 aromatic carbocycles.